The zero-order valence-electron chi connectivity index (χ0n) is 28.4. The zero-order chi connectivity index (χ0) is 31.2. The van der Waals surface area contributed by atoms with Gasteiger partial charge < -0.3 is 20.3 Å². The summed E-state index contributed by atoms with van der Waals surface area (Å²) >= 11 is 0. The number of carbonyl (C=O) groups excluding carboxylic acids is 2. The zero-order valence-corrected chi connectivity index (χ0v) is 28.4. The lowest BCUT2D eigenvalue weighted by Gasteiger charge is -2.22. The van der Waals surface area contributed by atoms with Crippen molar-refractivity contribution in [2.24, 2.45) is 0 Å². The molecule has 1 aromatic rings. The first-order chi connectivity index (χ1) is 21.1. The second kappa shape index (κ2) is 28.7. The normalized spacial score (nSPS) is 11.2. The Kier molecular flexibility index (Phi) is 26.0. The summed E-state index contributed by atoms with van der Waals surface area (Å²) in [5.41, 5.74) is 1.31. The molecule has 0 saturated carbocycles. The van der Waals surface area contributed by atoms with Crippen LogP contribution in [-0.4, -0.2) is 49.6 Å². The maximum atomic E-state index is 12.8. The van der Waals surface area contributed by atoms with Crippen molar-refractivity contribution in [3.8, 4) is 0 Å². The van der Waals surface area contributed by atoms with Gasteiger partial charge in [-0.2, -0.15) is 0 Å². The van der Waals surface area contributed by atoms with E-state index in [-0.39, 0.29) is 12.5 Å². The van der Waals surface area contributed by atoms with Crippen LogP contribution in [0.1, 0.15) is 165 Å². The number of nitrogens with zero attached hydrogens (tertiary/aromatic N) is 1. The van der Waals surface area contributed by atoms with Gasteiger partial charge in [0.2, 0.25) is 0 Å². The van der Waals surface area contributed by atoms with Crippen LogP contribution in [0.4, 0.5) is 4.79 Å². The van der Waals surface area contributed by atoms with Crippen molar-refractivity contribution in [2.75, 3.05) is 32.7 Å². The Bertz CT molecular complexity index is 793. The molecular formula is C37H67N3O3. The van der Waals surface area contributed by atoms with Crippen molar-refractivity contribution in [3.63, 3.8) is 0 Å². The molecule has 0 aliphatic heterocycles. The van der Waals surface area contributed by atoms with E-state index >= 15 is 0 Å². The van der Waals surface area contributed by atoms with Crippen LogP contribution in [0.25, 0.3) is 0 Å². The Morgan fingerprint density at radius 1 is 0.581 bits per heavy atom. The number of nitrogens with one attached hydrogen (secondary N) is 2. The number of alkyl carbamates (subject to hydrolysis) is 1. The first-order valence-corrected chi connectivity index (χ1v) is 18.1. The minimum absolute atomic E-state index is 0.0872. The first kappa shape index (κ1) is 38.9. The number of carbonyl (C=O) groups is 2. The van der Waals surface area contributed by atoms with E-state index in [9.17, 15) is 9.59 Å². The van der Waals surface area contributed by atoms with E-state index in [0.29, 0.717) is 18.7 Å². The second-order valence-electron chi connectivity index (χ2n) is 12.3. The van der Waals surface area contributed by atoms with Crippen molar-refractivity contribution >= 4 is 12.0 Å². The lowest BCUT2D eigenvalue weighted by atomic mass is 10.0. The molecule has 0 radical (unpaired) electrons. The highest BCUT2D eigenvalue weighted by Crippen LogP contribution is 2.14. The molecule has 0 unspecified atom stereocenters. The minimum Gasteiger partial charge on any atom is -0.445 e. The second-order valence-corrected chi connectivity index (χ2v) is 12.3. The topological polar surface area (TPSA) is 70.7 Å². The summed E-state index contributed by atoms with van der Waals surface area (Å²) in [5.74, 6) is -0.0944. The van der Waals surface area contributed by atoms with Gasteiger partial charge in [0.1, 0.15) is 6.61 Å². The van der Waals surface area contributed by atoms with E-state index in [1.54, 1.807) is 6.07 Å². The third kappa shape index (κ3) is 22.1. The Balaban J connectivity index is 2.13. The van der Waals surface area contributed by atoms with Crippen molar-refractivity contribution in [1.29, 1.82) is 0 Å². The summed E-state index contributed by atoms with van der Waals surface area (Å²) in [6, 6.07) is 7.39. The molecule has 0 heterocycles. The summed E-state index contributed by atoms with van der Waals surface area (Å²) in [6.07, 6.45) is 25.7. The number of hydrogen-bond acceptors (Lipinski definition) is 4. The Morgan fingerprint density at radius 2 is 1.07 bits per heavy atom. The van der Waals surface area contributed by atoms with Crippen LogP contribution in [0.2, 0.25) is 0 Å². The molecule has 0 saturated heterocycles. The average molecular weight is 602 g/mol. The number of benzene rings is 1. The highest BCUT2D eigenvalue weighted by Gasteiger charge is 2.13. The van der Waals surface area contributed by atoms with E-state index < -0.39 is 6.09 Å². The molecule has 0 fully saturated rings. The van der Waals surface area contributed by atoms with E-state index in [0.717, 1.165) is 38.0 Å². The molecule has 43 heavy (non-hydrogen) atoms. The SMILES string of the molecule is CCCCCCCCCCCCCCCCCCNC(=O)c1ccccc1COC(=O)NCCN(CCCC)CCCC. The molecule has 0 aliphatic carbocycles. The van der Waals surface area contributed by atoms with Gasteiger partial charge in [-0.25, -0.2) is 4.79 Å². The smallest absolute Gasteiger partial charge is 0.407 e. The van der Waals surface area contributed by atoms with E-state index in [2.05, 4.69) is 36.3 Å². The van der Waals surface area contributed by atoms with Crippen molar-refractivity contribution in [1.82, 2.24) is 15.5 Å². The molecule has 2 N–H and O–H groups in total. The lowest BCUT2D eigenvalue weighted by Crippen LogP contribution is -2.36. The largest absolute Gasteiger partial charge is 0.445 e. The molecule has 6 nitrogen and oxygen atoms in total. The van der Waals surface area contributed by atoms with Gasteiger partial charge in [-0.05, 0) is 38.4 Å². The average Bonchev–Trinajstić information content (AvgIpc) is 3.02. The molecule has 0 aromatic heterocycles. The fraction of sp³-hybridized carbons (Fsp3) is 0.784. The number of ether oxygens (including phenoxy) is 1. The van der Waals surface area contributed by atoms with Crippen molar-refractivity contribution in [2.45, 2.75) is 156 Å². The first-order valence-electron chi connectivity index (χ1n) is 18.1. The highest BCUT2D eigenvalue weighted by molar-refractivity contribution is 5.95. The van der Waals surface area contributed by atoms with E-state index in [4.69, 9.17) is 4.74 Å². The summed E-state index contributed by atoms with van der Waals surface area (Å²) < 4.78 is 5.45. The van der Waals surface area contributed by atoms with Gasteiger partial charge in [0.05, 0.1) is 0 Å². The summed E-state index contributed by atoms with van der Waals surface area (Å²) in [6.45, 7) is 11.0. The molecule has 2 amide bonds. The molecule has 1 rings (SSSR count). The van der Waals surface area contributed by atoms with Crippen LogP contribution in [0, 0.1) is 0 Å². The Morgan fingerprint density at radius 3 is 1.60 bits per heavy atom. The molecule has 0 aliphatic rings. The summed E-state index contributed by atoms with van der Waals surface area (Å²) in [7, 11) is 0. The van der Waals surface area contributed by atoms with Gasteiger partial charge in [-0.1, -0.05) is 148 Å². The minimum atomic E-state index is -0.436. The maximum Gasteiger partial charge on any atom is 0.407 e. The predicted octanol–water partition coefficient (Wildman–Crippen LogP) is 9.81. The number of unbranched alkanes of at least 4 members (excludes halogenated alkanes) is 17. The Hall–Kier alpha value is -2.08. The molecule has 0 spiro atoms. The van der Waals surface area contributed by atoms with Crippen LogP contribution in [0.3, 0.4) is 0 Å². The number of rotatable bonds is 29. The van der Waals surface area contributed by atoms with Crippen LogP contribution in [-0.2, 0) is 11.3 Å². The quantitative estimate of drug-likeness (QED) is 0.0897. The van der Waals surface area contributed by atoms with Crippen LogP contribution < -0.4 is 10.6 Å². The maximum absolute atomic E-state index is 12.8. The molecule has 0 bridgehead atoms. The number of hydrogen-bond donors (Lipinski definition) is 2. The van der Waals surface area contributed by atoms with Gasteiger partial charge in [0.15, 0.2) is 0 Å². The van der Waals surface area contributed by atoms with Crippen molar-refractivity contribution in [3.05, 3.63) is 35.4 Å². The molecular weight excluding hydrogens is 534 g/mol. The van der Waals surface area contributed by atoms with Crippen LogP contribution >= 0.6 is 0 Å². The molecule has 1 aromatic carbocycles. The van der Waals surface area contributed by atoms with E-state index in [1.807, 2.05) is 18.2 Å². The third-order valence-electron chi connectivity index (χ3n) is 8.29. The van der Waals surface area contributed by atoms with Gasteiger partial charge in [-0.15, -0.1) is 0 Å². The lowest BCUT2D eigenvalue weighted by molar-refractivity contribution is 0.0946. The van der Waals surface area contributed by atoms with Crippen LogP contribution in [0.5, 0.6) is 0 Å². The number of amides is 2. The fourth-order valence-electron chi connectivity index (χ4n) is 5.45. The van der Waals surface area contributed by atoms with E-state index in [1.165, 1.54) is 116 Å². The predicted molar refractivity (Wildman–Crippen MR) is 183 cm³/mol. The Labute approximate surface area is 265 Å². The van der Waals surface area contributed by atoms with Gasteiger partial charge in [0, 0.05) is 30.8 Å². The van der Waals surface area contributed by atoms with Gasteiger partial charge in [0.25, 0.3) is 5.91 Å². The van der Waals surface area contributed by atoms with Gasteiger partial charge >= 0.3 is 6.09 Å². The molecule has 248 valence electrons. The highest BCUT2D eigenvalue weighted by atomic mass is 16.5. The monoisotopic (exact) mass is 602 g/mol. The fourth-order valence-corrected chi connectivity index (χ4v) is 5.45. The summed E-state index contributed by atoms with van der Waals surface area (Å²) in [5, 5.41) is 5.92. The standard InChI is InChI=1S/C37H67N3O3/c1-4-7-10-11-12-13-14-15-16-17-18-19-20-21-22-25-28-38-36(41)35-27-24-23-26-34(35)33-43-37(42)39-29-32-40(30-8-5-2)31-9-6-3/h23-24,26-27H,4-22,25,28-33H2,1-3H3,(H,38,41)(H,39,42). The van der Waals surface area contributed by atoms with Gasteiger partial charge in [-0.3, -0.25) is 4.79 Å². The van der Waals surface area contributed by atoms with Crippen molar-refractivity contribution < 1.29 is 14.3 Å². The third-order valence-corrected chi connectivity index (χ3v) is 8.29. The summed E-state index contributed by atoms with van der Waals surface area (Å²) in [4.78, 5) is 27.5. The molecule has 0 atom stereocenters. The van der Waals surface area contributed by atoms with Crippen LogP contribution in [0.15, 0.2) is 24.3 Å². The molecule has 6 heteroatoms.